The van der Waals surface area contributed by atoms with Crippen molar-refractivity contribution in [3.8, 4) is 39.5 Å². The summed E-state index contributed by atoms with van der Waals surface area (Å²) in [6.45, 7) is 0. The maximum atomic E-state index is 7.09. The van der Waals surface area contributed by atoms with Gasteiger partial charge in [0.15, 0.2) is 11.4 Å². The third-order valence-corrected chi connectivity index (χ3v) is 14.1. The van der Waals surface area contributed by atoms with Crippen molar-refractivity contribution in [2.45, 2.75) is 0 Å². The fraction of sp³-hybridized carbons (Fsp3) is 0. The largest absolute Gasteiger partial charge is 0.454 e. The highest BCUT2D eigenvalue weighted by Crippen LogP contribution is 2.47. The summed E-state index contributed by atoms with van der Waals surface area (Å²) in [6.07, 6.45) is 0. The molecule has 0 fully saturated rings. The van der Waals surface area contributed by atoms with Gasteiger partial charge in [-0.1, -0.05) is 164 Å². The Bertz CT molecular complexity index is 4210. The van der Waals surface area contributed by atoms with Crippen LogP contribution in [0.1, 0.15) is 0 Å². The van der Waals surface area contributed by atoms with Crippen LogP contribution in [0, 0.1) is 0 Å². The number of nitrogens with zero attached hydrogens (tertiary/aromatic N) is 3. The summed E-state index contributed by atoms with van der Waals surface area (Å²) in [6, 6.07) is 71.8. The first kappa shape index (κ1) is 34.6. The van der Waals surface area contributed by atoms with Crippen molar-refractivity contribution in [2.75, 3.05) is 0 Å². The van der Waals surface area contributed by atoms with Crippen molar-refractivity contribution in [1.29, 1.82) is 0 Å². The zero-order valence-electron chi connectivity index (χ0n) is 33.7. The lowest BCUT2D eigenvalue weighted by atomic mass is 9.94. The topological polar surface area (TPSA) is 43.9 Å². The quantitative estimate of drug-likeness (QED) is 0.178. The molecule has 0 radical (unpaired) electrons. The Morgan fingerprint density at radius 3 is 2.02 bits per heavy atom. The highest BCUT2D eigenvalue weighted by atomic mass is 32.1. The molecule has 4 aromatic heterocycles. The second-order valence-electron chi connectivity index (χ2n) is 16.4. The lowest BCUT2D eigenvalue weighted by molar-refractivity contribution is 0.666. The fourth-order valence-corrected chi connectivity index (χ4v) is 11.3. The molecule has 10 aromatic carbocycles. The first-order valence-corrected chi connectivity index (χ1v) is 22.1. The van der Waals surface area contributed by atoms with Crippen LogP contribution >= 0.6 is 11.3 Å². The lowest BCUT2D eigenvalue weighted by Crippen LogP contribution is -1.95. The molecule has 0 unspecified atom stereocenters. The van der Waals surface area contributed by atoms with Crippen molar-refractivity contribution in [1.82, 2.24) is 14.5 Å². The van der Waals surface area contributed by atoms with E-state index in [1.807, 2.05) is 0 Å². The standard InChI is InChI=1S/C58H33N3OS/c1-2-15-35(16-3-1)45-33-48-53(41-21-9-8-20-40(41)45)52-39-19-7-6-17-36(39)30-31-46(52)61(48)47-25-12-23-43-51-44(24-13-26-49(51)62-56(43)47)58-59-54(38-29-28-34-14-4-5-18-37(34)32-38)57-55(60-58)42-22-10-11-27-50(42)63-57/h1-33H. The number of fused-ring (bicyclic) bond motifs is 14. The second kappa shape index (κ2) is 13.2. The Hall–Kier alpha value is -8.12. The van der Waals surface area contributed by atoms with Gasteiger partial charge in [0.2, 0.25) is 0 Å². The van der Waals surface area contributed by atoms with Crippen LogP contribution < -0.4 is 0 Å². The molecule has 0 N–H and O–H groups in total. The molecule has 4 heterocycles. The summed E-state index contributed by atoms with van der Waals surface area (Å²) in [5, 5.41) is 12.9. The van der Waals surface area contributed by atoms with Crippen LogP contribution in [0.4, 0.5) is 0 Å². The van der Waals surface area contributed by atoms with Crippen LogP contribution in [0.15, 0.2) is 205 Å². The SMILES string of the molecule is c1ccc(-c2cc3c(c4ccccc24)c2c4ccccc4ccc2n3-c2cccc3c2oc2cccc(-c4nc(-c5ccc6ccccc6c5)c5sc6ccccc6c5n4)c23)cc1. The van der Waals surface area contributed by atoms with E-state index in [9.17, 15) is 0 Å². The summed E-state index contributed by atoms with van der Waals surface area (Å²) < 4.78 is 11.8. The second-order valence-corrected chi connectivity index (χ2v) is 17.5. The summed E-state index contributed by atoms with van der Waals surface area (Å²) >= 11 is 1.76. The van der Waals surface area contributed by atoms with Crippen LogP contribution in [0.3, 0.4) is 0 Å². The van der Waals surface area contributed by atoms with E-state index in [2.05, 4.69) is 205 Å². The van der Waals surface area contributed by atoms with Gasteiger partial charge in [0.1, 0.15) is 5.58 Å². The van der Waals surface area contributed by atoms with Crippen molar-refractivity contribution < 1.29 is 4.42 Å². The van der Waals surface area contributed by atoms with Crippen LogP contribution in [-0.4, -0.2) is 14.5 Å². The first-order valence-electron chi connectivity index (χ1n) is 21.3. The van der Waals surface area contributed by atoms with E-state index in [4.69, 9.17) is 14.4 Å². The van der Waals surface area contributed by atoms with E-state index in [1.54, 1.807) is 11.3 Å². The van der Waals surface area contributed by atoms with Gasteiger partial charge >= 0.3 is 0 Å². The highest BCUT2D eigenvalue weighted by molar-refractivity contribution is 7.26. The lowest BCUT2D eigenvalue weighted by Gasteiger charge is -2.12. The van der Waals surface area contributed by atoms with Crippen molar-refractivity contribution >= 4 is 108 Å². The Morgan fingerprint density at radius 2 is 1.13 bits per heavy atom. The molecular weight excluding hydrogens is 787 g/mol. The summed E-state index contributed by atoms with van der Waals surface area (Å²) in [4.78, 5) is 10.9. The van der Waals surface area contributed by atoms with Gasteiger partial charge in [0, 0.05) is 42.8 Å². The molecule has 292 valence electrons. The molecule has 4 nitrogen and oxygen atoms in total. The predicted octanol–water partition coefficient (Wildman–Crippen LogP) is 16.3. The summed E-state index contributed by atoms with van der Waals surface area (Å²) in [7, 11) is 0. The predicted molar refractivity (Wildman–Crippen MR) is 265 cm³/mol. The number of furan rings is 1. The Morgan fingerprint density at radius 1 is 0.429 bits per heavy atom. The Labute approximate surface area is 364 Å². The molecule has 0 aliphatic rings. The molecule has 0 bridgehead atoms. The average molecular weight is 820 g/mol. The molecule has 63 heavy (non-hydrogen) atoms. The normalized spacial score (nSPS) is 12.1. The van der Waals surface area contributed by atoms with Gasteiger partial charge in [-0.3, -0.25) is 0 Å². The van der Waals surface area contributed by atoms with E-state index >= 15 is 0 Å². The number of aromatic nitrogens is 3. The third kappa shape index (κ3) is 5.03. The number of para-hydroxylation sites is 1. The zero-order valence-corrected chi connectivity index (χ0v) is 34.5. The number of rotatable bonds is 4. The molecule has 5 heteroatoms. The minimum atomic E-state index is 0.676. The van der Waals surface area contributed by atoms with E-state index in [-0.39, 0.29) is 0 Å². The summed E-state index contributed by atoms with van der Waals surface area (Å²) in [5.41, 5.74) is 11.1. The van der Waals surface area contributed by atoms with Crippen LogP contribution in [0.2, 0.25) is 0 Å². The van der Waals surface area contributed by atoms with Crippen molar-refractivity contribution in [3.05, 3.63) is 200 Å². The van der Waals surface area contributed by atoms with Gasteiger partial charge in [-0.2, -0.15) is 0 Å². The molecule has 0 spiro atoms. The third-order valence-electron chi connectivity index (χ3n) is 13.0. The van der Waals surface area contributed by atoms with Gasteiger partial charge in [0.25, 0.3) is 0 Å². The first-order chi connectivity index (χ1) is 31.2. The Kier molecular flexibility index (Phi) is 7.24. The molecule has 14 rings (SSSR count). The van der Waals surface area contributed by atoms with Gasteiger partial charge in [-0.05, 0) is 79.8 Å². The van der Waals surface area contributed by atoms with Gasteiger partial charge in [-0.15, -0.1) is 11.3 Å². The smallest absolute Gasteiger partial charge is 0.161 e. The number of hydrogen-bond acceptors (Lipinski definition) is 4. The minimum absolute atomic E-state index is 0.676. The van der Waals surface area contributed by atoms with Crippen molar-refractivity contribution in [2.24, 2.45) is 0 Å². The maximum absolute atomic E-state index is 7.09. The molecule has 0 aliphatic carbocycles. The highest BCUT2D eigenvalue weighted by Gasteiger charge is 2.24. The average Bonchev–Trinajstić information content (AvgIpc) is 4.03. The van der Waals surface area contributed by atoms with Crippen LogP contribution in [0.5, 0.6) is 0 Å². The zero-order chi connectivity index (χ0) is 41.2. The van der Waals surface area contributed by atoms with Crippen molar-refractivity contribution in [3.63, 3.8) is 0 Å². The molecule has 0 amide bonds. The van der Waals surface area contributed by atoms with E-state index in [0.29, 0.717) is 5.82 Å². The minimum Gasteiger partial charge on any atom is -0.454 e. The van der Waals surface area contributed by atoms with Gasteiger partial charge in [-0.25, -0.2) is 9.97 Å². The molecule has 0 aliphatic heterocycles. The molecule has 14 aromatic rings. The van der Waals surface area contributed by atoms with Gasteiger partial charge in [0.05, 0.1) is 32.6 Å². The molecule has 0 saturated heterocycles. The maximum Gasteiger partial charge on any atom is 0.161 e. The number of thiophene rings is 1. The van der Waals surface area contributed by atoms with E-state index in [1.165, 1.54) is 58.9 Å². The van der Waals surface area contributed by atoms with E-state index < -0.39 is 0 Å². The fourth-order valence-electron chi connectivity index (χ4n) is 10.2. The monoisotopic (exact) mass is 819 g/mol. The summed E-state index contributed by atoms with van der Waals surface area (Å²) in [5.74, 6) is 0.676. The number of hydrogen-bond donors (Lipinski definition) is 0. The molecule has 0 atom stereocenters. The Balaban J connectivity index is 1.07. The van der Waals surface area contributed by atoms with E-state index in [0.717, 1.165) is 71.1 Å². The molecule has 0 saturated carbocycles. The van der Waals surface area contributed by atoms with Crippen LogP contribution in [0.25, 0.3) is 136 Å². The number of benzene rings is 10. The van der Waals surface area contributed by atoms with Crippen LogP contribution in [-0.2, 0) is 0 Å². The molecular formula is C58H33N3OS. The van der Waals surface area contributed by atoms with Gasteiger partial charge < -0.3 is 8.98 Å².